The molecule has 1 fully saturated rings. The first-order valence-electron chi connectivity index (χ1n) is 9.61. The standard InChI is InChI=1S/C21H27N3O2S/c25-20(22-11-14-24-12-5-2-6-13-24)18(16-17-8-3-1-4-9-17)23-21(26)19-10-7-15-27-19/h1,3-4,7-10,15,18H,2,5-6,11-14,16H2,(H,22,25)(H,23,26). The third kappa shape index (κ3) is 6.19. The summed E-state index contributed by atoms with van der Waals surface area (Å²) in [5, 5.41) is 7.77. The van der Waals surface area contributed by atoms with Crippen molar-refractivity contribution in [1.29, 1.82) is 0 Å². The van der Waals surface area contributed by atoms with Crippen LogP contribution in [0.4, 0.5) is 0 Å². The van der Waals surface area contributed by atoms with Crippen molar-refractivity contribution in [3.8, 4) is 0 Å². The maximum Gasteiger partial charge on any atom is 0.262 e. The van der Waals surface area contributed by atoms with E-state index < -0.39 is 6.04 Å². The van der Waals surface area contributed by atoms with Gasteiger partial charge >= 0.3 is 0 Å². The Morgan fingerprint density at radius 2 is 1.81 bits per heavy atom. The molecule has 0 saturated carbocycles. The number of nitrogens with one attached hydrogen (secondary N) is 2. The molecular formula is C21H27N3O2S. The molecule has 0 aliphatic carbocycles. The van der Waals surface area contributed by atoms with Crippen LogP contribution in [0.1, 0.15) is 34.5 Å². The maximum atomic E-state index is 12.8. The predicted molar refractivity (Wildman–Crippen MR) is 109 cm³/mol. The molecule has 2 aromatic rings. The summed E-state index contributed by atoms with van der Waals surface area (Å²) in [5.41, 5.74) is 1.03. The predicted octanol–water partition coefficient (Wildman–Crippen LogP) is 2.69. The quantitative estimate of drug-likeness (QED) is 0.734. The molecule has 3 rings (SSSR count). The van der Waals surface area contributed by atoms with E-state index in [2.05, 4.69) is 15.5 Å². The molecule has 2 heterocycles. The molecule has 1 aliphatic heterocycles. The van der Waals surface area contributed by atoms with Crippen LogP contribution < -0.4 is 10.6 Å². The number of carbonyl (C=O) groups excluding carboxylic acids is 2. The van der Waals surface area contributed by atoms with Crippen LogP contribution in [0.2, 0.25) is 0 Å². The Kier molecular flexibility index (Phi) is 7.42. The van der Waals surface area contributed by atoms with Gasteiger partial charge in [0.25, 0.3) is 5.91 Å². The van der Waals surface area contributed by atoms with Gasteiger partial charge in [-0.2, -0.15) is 0 Å². The Morgan fingerprint density at radius 3 is 2.52 bits per heavy atom. The number of hydrogen-bond acceptors (Lipinski definition) is 4. The number of amides is 2. The molecule has 2 amide bonds. The summed E-state index contributed by atoms with van der Waals surface area (Å²) in [7, 11) is 0. The Morgan fingerprint density at radius 1 is 1.04 bits per heavy atom. The van der Waals surface area contributed by atoms with E-state index >= 15 is 0 Å². The van der Waals surface area contributed by atoms with Gasteiger partial charge in [0.1, 0.15) is 6.04 Å². The lowest BCUT2D eigenvalue weighted by Gasteiger charge is -2.26. The zero-order valence-electron chi connectivity index (χ0n) is 15.5. The highest BCUT2D eigenvalue weighted by Gasteiger charge is 2.22. The molecule has 1 aromatic carbocycles. The lowest BCUT2D eigenvalue weighted by molar-refractivity contribution is -0.123. The van der Waals surface area contributed by atoms with Crippen LogP contribution in [-0.4, -0.2) is 48.9 Å². The molecule has 27 heavy (non-hydrogen) atoms. The van der Waals surface area contributed by atoms with E-state index in [1.165, 1.54) is 30.6 Å². The van der Waals surface area contributed by atoms with Crippen LogP contribution in [0, 0.1) is 0 Å². The van der Waals surface area contributed by atoms with Gasteiger partial charge in [-0.3, -0.25) is 9.59 Å². The Bertz CT molecular complexity index is 712. The van der Waals surface area contributed by atoms with Crippen LogP contribution in [0.15, 0.2) is 47.8 Å². The number of rotatable bonds is 8. The summed E-state index contributed by atoms with van der Waals surface area (Å²) in [6.45, 7) is 3.69. The van der Waals surface area contributed by atoms with E-state index in [0.717, 1.165) is 25.2 Å². The van der Waals surface area contributed by atoms with Crippen molar-refractivity contribution < 1.29 is 9.59 Å². The van der Waals surface area contributed by atoms with Crippen LogP contribution in [0.3, 0.4) is 0 Å². The fourth-order valence-corrected chi connectivity index (χ4v) is 3.97. The molecule has 1 aromatic heterocycles. The molecule has 1 unspecified atom stereocenters. The minimum atomic E-state index is -0.580. The van der Waals surface area contributed by atoms with Gasteiger partial charge in [-0.1, -0.05) is 42.8 Å². The van der Waals surface area contributed by atoms with E-state index in [9.17, 15) is 9.59 Å². The van der Waals surface area contributed by atoms with Crippen molar-refractivity contribution in [2.45, 2.75) is 31.7 Å². The first-order chi connectivity index (χ1) is 13.2. The van der Waals surface area contributed by atoms with E-state index in [-0.39, 0.29) is 11.8 Å². The summed E-state index contributed by atoms with van der Waals surface area (Å²) in [6, 6.07) is 12.8. The summed E-state index contributed by atoms with van der Waals surface area (Å²) in [4.78, 5) is 28.2. The SMILES string of the molecule is O=C(NC(Cc1ccccc1)C(=O)NCCN1CCCCC1)c1cccs1. The second-order valence-electron chi connectivity index (χ2n) is 6.89. The average molecular weight is 386 g/mol. The van der Waals surface area contributed by atoms with E-state index in [1.807, 2.05) is 41.8 Å². The number of thiophene rings is 1. The van der Waals surface area contributed by atoms with Gasteiger partial charge in [0.05, 0.1) is 4.88 Å². The van der Waals surface area contributed by atoms with Crippen LogP contribution in [0.5, 0.6) is 0 Å². The molecule has 6 heteroatoms. The second-order valence-corrected chi connectivity index (χ2v) is 7.83. The van der Waals surface area contributed by atoms with Crippen molar-refractivity contribution in [1.82, 2.24) is 15.5 Å². The summed E-state index contributed by atoms with van der Waals surface area (Å²) in [6.07, 6.45) is 4.26. The third-order valence-electron chi connectivity index (χ3n) is 4.83. The number of likely N-dealkylation sites (tertiary alicyclic amines) is 1. The molecule has 1 aliphatic rings. The Balaban J connectivity index is 1.57. The van der Waals surface area contributed by atoms with Gasteiger partial charge in [-0.15, -0.1) is 11.3 Å². The highest BCUT2D eigenvalue weighted by atomic mass is 32.1. The topological polar surface area (TPSA) is 61.4 Å². The first-order valence-corrected chi connectivity index (χ1v) is 10.5. The lowest BCUT2D eigenvalue weighted by atomic mass is 10.1. The van der Waals surface area contributed by atoms with E-state index in [1.54, 1.807) is 6.07 Å². The summed E-state index contributed by atoms with van der Waals surface area (Å²) >= 11 is 1.38. The normalized spacial score (nSPS) is 15.9. The summed E-state index contributed by atoms with van der Waals surface area (Å²) in [5.74, 6) is -0.321. The fourth-order valence-electron chi connectivity index (χ4n) is 3.34. The lowest BCUT2D eigenvalue weighted by Crippen LogP contribution is -2.49. The van der Waals surface area contributed by atoms with Crippen molar-refractivity contribution in [2.75, 3.05) is 26.2 Å². The Hall–Kier alpha value is -2.18. The van der Waals surface area contributed by atoms with Crippen molar-refractivity contribution in [2.24, 2.45) is 0 Å². The molecular weight excluding hydrogens is 358 g/mol. The van der Waals surface area contributed by atoms with Gasteiger partial charge in [0.2, 0.25) is 5.91 Å². The summed E-state index contributed by atoms with van der Waals surface area (Å²) < 4.78 is 0. The zero-order valence-corrected chi connectivity index (χ0v) is 16.3. The fraction of sp³-hybridized carbons (Fsp3) is 0.429. The molecule has 1 atom stereocenters. The van der Waals surface area contributed by atoms with E-state index in [4.69, 9.17) is 0 Å². The molecule has 1 saturated heterocycles. The minimum Gasteiger partial charge on any atom is -0.353 e. The molecule has 144 valence electrons. The number of hydrogen-bond donors (Lipinski definition) is 2. The highest BCUT2D eigenvalue weighted by molar-refractivity contribution is 7.12. The average Bonchev–Trinajstić information content (AvgIpc) is 3.24. The van der Waals surface area contributed by atoms with Gasteiger partial charge in [-0.25, -0.2) is 0 Å². The van der Waals surface area contributed by atoms with E-state index in [0.29, 0.717) is 17.8 Å². The third-order valence-corrected chi connectivity index (χ3v) is 5.69. The first kappa shape index (κ1) is 19.6. The van der Waals surface area contributed by atoms with Gasteiger partial charge in [0, 0.05) is 19.5 Å². The van der Waals surface area contributed by atoms with Crippen LogP contribution >= 0.6 is 11.3 Å². The smallest absolute Gasteiger partial charge is 0.262 e. The van der Waals surface area contributed by atoms with Crippen LogP contribution in [0.25, 0.3) is 0 Å². The second kappa shape index (κ2) is 10.2. The molecule has 5 nitrogen and oxygen atoms in total. The minimum absolute atomic E-state index is 0.124. The van der Waals surface area contributed by atoms with Gasteiger partial charge in [0.15, 0.2) is 0 Å². The largest absolute Gasteiger partial charge is 0.353 e. The van der Waals surface area contributed by atoms with Crippen LogP contribution in [-0.2, 0) is 11.2 Å². The molecule has 0 spiro atoms. The van der Waals surface area contributed by atoms with Crippen molar-refractivity contribution in [3.05, 3.63) is 58.3 Å². The Labute approximate surface area is 164 Å². The molecule has 2 N–H and O–H groups in total. The highest BCUT2D eigenvalue weighted by Crippen LogP contribution is 2.10. The van der Waals surface area contributed by atoms with Gasteiger partial charge < -0.3 is 15.5 Å². The maximum absolute atomic E-state index is 12.8. The number of benzene rings is 1. The number of nitrogens with zero attached hydrogens (tertiary/aromatic N) is 1. The van der Waals surface area contributed by atoms with Crippen molar-refractivity contribution in [3.63, 3.8) is 0 Å². The monoisotopic (exact) mass is 385 g/mol. The number of carbonyl (C=O) groups is 2. The zero-order chi connectivity index (χ0) is 18.9. The number of piperidine rings is 1. The van der Waals surface area contributed by atoms with Crippen molar-refractivity contribution >= 4 is 23.2 Å². The molecule has 0 radical (unpaired) electrons. The molecule has 0 bridgehead atoms. The van der Waals surface area contributed by atoms with Gasteiger partial charge in [-0.05, 0) is 42.9 Å².